The predicted octanol–water partition coefficient (Wildman–Crippen LogP) is 2.08. The first kappa shape index (κ1) is 20.7. The largest absolute Gasteiger partial charge is 0.382 e. The number of aromatic amines is 1. The number of nitrogen functional groups attached to an aromatic ring is 2. The monoisotopic (exact) mass is 446 g/mol. The number of fused-ring (bicyclic) bond motifs is 1. The van der Waals surface area contributed by atoms with Crippen molar-refractivity contribution in [2.45, 2.75) is 19.8 Å². The van der Waals surface area contributed by atoms with Crippen molar-refractivity contribution in [3.8, 4) is 11.3 Å². The Morgan fingerprint density at radius 3 is 2.85 bits per heavy atom. The van der Waals surface area contributed by atoms with Crippen molar-refractivity contribution >= 4 is 40.2 Å². The van der Waals surface area contributed by atoms with Gasteiger partial charge in [0, 0.05) is 43.2 Å². The molecule has 11 nitrogen and oxygen atoms in total. The minimum absolute atomic E-state index is 0.0211. The Bertz CT molecular complexity index is 1340. The number of carbonyl (C=O) groups excluding carboxylic acids is 1. The Labute approximate surface area is 190 Å². The lowest BCUT2D eigenvalue weighted by Gasteiger charge is -2.33. The van der Waals surface area contributed by atoms with Gasteiger partial charge in [-0.05, 0) is 31.9 Å². The van der Waals surface area contributed by atoms with Gasteiger partial charge in [0.1, 0.15) is 11.6 Å². The van der Waals surface area contributed by atoms with E-state index in [9.17, 15) is 4.79 Å². The highest BCUT2D eigenvalue weighted by Crippen LogP contribution is 2.29. The van der Waals surface area contributed by atoms with E-state index >= 15 is 0 Å². The molecule has 4 aromatic rings. The maximum Gasteiger partial charge on any atom is 0.230 e. The van der Waals surface area contributed by atoms with Crippen LogP contribution in [0.25, 0.3) is 22.2 Å². The van der Waals surface area contributed by atoms with Gasteiger partial charge in [-0.1, -0.05) is 6.07 Å². The normalized spacial score (nSPS) is 16.3. The van der Waals surface area contributed by atoms with Crippen molar-refractivity contribution in [2.75, 3.05) is 34.8 Å². The maximum absolute atomic E-state index is 12.9. The summed E-state index contributed by atoms with van der Waals surface area (Å²) in [5.74, 6) is 1.85. The number of anilines is 4. The van der Waals surface area contributed by atoms with Gasteiger partial charge >= 0.3 is 0 Å². The van der Waals surface area contributed by atoms with Gasteiger partial charge in [-0.2, -0.15) is 15.2 Å². The molecule has 1 unspecified atom stereocenters. The van der Waals surface area contributed by atoms with Gasteiger partial charge in [0.25, 0.3) is 0 Å². The zero-order valence-electron chi connectivity index (χ0n) is 18.5. The summed E-state index contributed by atoms with van der Waals surface area (Å²) in [7, 11) is 1.82. The van der Waals surface area contributed by atoms with Crippen molar-refractivity contribution in [2.24, 2.45) is 13.0 Å². The summed E-state index contributed by atoms with van der Waals surface area (Å²) in [4.78, 5) is 23.9. The lowest BCUT2D eigenvalue weighted by atomic mass is 9.97. The highest BCUT2D eigenvalue weighted by molar-refractivity contribution is 5.93. The molecule has 5 rings (SSSR count). The number of nitrogens with one attached hydrogen (secondary N) is 2. The molecular formula is C22H26N10O. The van der Waals surface area contributed by atoms with Crippen LogP contribution in [0.5, 0.6) is 0 Å². The zero-order valence-corrected chi connectivity index (χ0v) is 18.5. The molecule has 1 saturated heterocycles. The lowest BCUT2D eigenvalue weighted by Crippen LogP contribution is -2.41. The van der Waals surface area contributed by atoms with Crippen molar-refractivity contribution in [1.82, 2.24) is 29.9 Å². The van der Waals surface area contributed by atoms with Gasteiger partial charge in [-0.3, -0.25) is 14.6 Å². The number of hydrogen-bond donors (Lipinski definition) is 4. The third-order valence-electron chi connectivity index (χ3n) is 5.99. The summed E-state index contributed by atoms with van der Waals surface area (Å²) >= 11 is 0. The number of aromatic nitrogens is 6. The number of piperidine rings is 1. The molecule has 1 atom stereocenters. The van der Waals surface area contributed by atoms with Crippen LogP contribution in [0.15, 0.2) is 30.3 Å². The van der Waals surface area contributed by atoms with Crippen molar-refractivity contribution in [1.29, 1.82) is 0 Å². The lowest BCUT2D eigenvalue weighted by molar-refractivity contribution is -0.120. The fraction of sp³-hybridized carbons (Fsp3) is 0.318. The first-order valence-electron chi connectivity index (χ1n) is 10.8. The summed E-state index contributed by atoms with van der Waals surface area (Å²) in [6, 6.07) is 9.54. The molecule has 1 aromatic carbocycles. The Kier molecular flexibility index (Phi) is 5.08. The first-order chi connectivity index (χ1) is 15.9. The molecule has 170 valence electrons. The van der Waals surface area contributed by atoms with E-state index in [0.717, 1.165) is 41.5 Å². The van der Waals surface area contributed by atoms with E-state index in [-0.39, 0.29) is 17.8 Å². The highest BCUT2D eigenvalue weighted by Gasteiger charge is 2.28. The fourth-order valence-corrected chi connectivity index (χ4v) is 4.32. The number of nitrogens with zero attached hydrogens (tertiary/aromatic N) is 6. The van der Waals surface area contributed by atoms with E-state index in [1.54, 1.807) is 4.68 Å². The number of rotatable bonds is 4. The Morgan fingerprint density at radius 1 is 1.21 bits per heavy atom. The molecular weight excluding hydrogens is 420 g/mol. The summed E-state index contributed by atoms with van der Waals surface area (Å²) in [5.41, 5.74) is 15.2. The molecule has 6 N–H and O–H groups in total. The average Bonchev–Trinajstić information content (AvgIpc) is 3.33. The third kappa shape index (κ3) is 4.04. The van der Waals surface area contributed by atoms with Crippen LogP contribution in [-0.4, -0.2) is 48.9 Å². The van der Waals surface area contributed by atoms with Gasteiger partial charge in [0.05, 0.1) is 22.8 Å². The minimum atomic E-state index is -0.169. The van der Waals surface area contributed by atoms with Gasteiger partial charge in [-0.25, -0.2) is 4.98 Å². The molecule has 0 bridgehead atoms. The van der Waals surface area contributed by atoms with Crippen LogP contribution in [0.2, 0.25) is 0 Å². The third-order valence-corrected chi connectivity index (χ3v) is 5.99. The Hall–Kier alpha value is -4.15. The molecule has 3 aromatic heterocycles. The van der Waals surface area contributed by atoms with Crippen LogP contribution in [-0.2, 0) is 11.8 Å². The molecule has 1 amide bonds. The van der Waals surface area contributed by atoms with Crippen molar-refractivity contribution in [3.05, 3.63) is 36.0 Å². The second-order valence-corrected chi connectivity index (χ2v) is 8.41. The molecule has 1 aliphatic heterocycles. The van der Waals surface area contributed by atoms with Gasteiger partial charge < -0.3 is 21.7 Å². The predicted molar refractivity (Wildman–Crippen MR) is 127 cm³/mol. The second kappa shape index (κ2) is 8.08. The highest BCUT2D eigenvalue weighted by atomic mass is 16.2. The second-order valence-electron chi connectivity index (χ2n) is 8.41. The molecule has 33 heavy (non-hydrogen) atoms. The van der Waals surface area contributed by atoms with E-state index in [0.29, 0.717) is 29.7 Å². The van der Waals surface area contributed by atoms with E-state index < -0.39 is 0 Å². The fourth-order valence-electron chi connectivity index (χ4n) is 4.32. The first-order valence-corrected chi connectivity index (χ1v) is 10.8. The summed E-state index contributed by atoms with van der Waals surface area (Å²) in [6.45, 7) is 3.24. The quantitative estimate of drug-likeness (QED) is 0.371. The molecule has 4 heterocycles. The van der Waals surface area contributed by atoms with Crippen LogP contribution < -0.4 is 21.7 Å². The van der Waals surface area contributed by atoms with E-state index in [4.69, 9.17) is 11.5 Å². The minimum Gasteiger partial charge on any atom is -0.382 e. The molecule has 0 radical (unpaired) electrons. The standard InChI is InChI=1S/C22H26N10O/c1-12-8-18(31(2)30-12)26-21(33)14-4-3-7-32(11-14)19-10-16(25-22(24)27-19)13-5-6-15-17(9-13)28-29-20(15)23/h5-6,8-10,14H,3-4,7,11H2,1-2H3,(H,26,33)(H3,23,28,29)(H2,24,25,27). The van der Waals surface area contributed by atoms with Gasteiger partial charge in [0.2, 0.25) is 11.9 Å². The number of nitrogens with two attached hydrogens (primary N) is 2. The van der Waals surface area contributed by atoms with Crippen LogP contribution >= 0.6 is 0 Å². The molecule has 1 aliphatic rings. The molecule has 0 aliphatic carbocycles. The number of hydrogen-bond acceptors (Lipinski definition) is 8. The molecule has 1 fully saturated rings. The van der Waals surface area contributed by atoms with E-state index in [1.165, 1.54) is 0 Å². The summed E-state index contributed by atoms with van der Waals surface area (Å²) in [6.07, 6.45) is 1.69. The van der Waals surface area contributed by atoms with Crippen LogP contribution in [0.1, 0.15) is 18.5 Å². The average molecular weight is 447 g/mol. The maximum atomic E-state index is 12.9. The smallest absolute Gasteiger partial charge is 0.230 e. The number of H-pyrrole nitrogens is 1. The summed E-state index contributed by atoms with van der Waals surface area (Å²) < 4.78 is 1.68. The number of aryl methyl sites for hydroxylation is 2. The topological polar surface area (TPSA) is 157 Å². The number of amides is 1. The number of carbonyl (C=O) groups is 1. The van der Waals surface area contributed by atoms with Gasteiger partial charge in [0.15, 0.2) is 5.82 Å². The van der Waals surface area contributed by atoms with Crippen molar-refractivity contribution < 1.29 is 4.79 Å². The SMILES string of the molecule is Cc1cc(NC(=O)C2CCCN(c3cc(-c4ccc5c(N)n[nH]c5c4)nc(N)n3)C2)n(C)n1. The van der Waals surface area contributed by atoms with E-state index in [2.05, 4.69) is 35.5 Å². The molecule has 11 heteroatoms. The van der Waals surface area contributed by atoms with Crippen LogP contribution in [0.3, 0.4) is 0 Å². The Morgan fingerprint density at radius 2 is 2.06 bits per heavy atom. The van der Waals surface area contributed by atoms with Crippen LogP contribution in [0.4, 0.5) is 23.4 Å². The summed E-state index contributed by atoms with van der Waals surface area (Å²) in [5, 5.41) is 15.1. The molecule has 0 saturated carbocycles. The van der Waals surface area contributed by atoms with Crippen LogP contribution in [0, 0.1) is 12.8 Å². The van der Waals surface area contributed by atoms with E-state index in [1.807, 2.05) is 44.3 Å². The Balaban J connectivity index is 1.37. The van der Waals surface area contributed by atoms with Gasteiger partial charge in [-0.15, -0.1) is 0 Å². The van der Waals surface area contributed by atoms with Crippen molar-refractivity contribution in [3.63, 3.8) is 0 Å². The molecule has 0 spiro atoms. The zero-order chi connectivity index (χ0) is 23.1. The number of benzene rings is 1.